The second-order valence-electron chi connectivity index (χ2n) is 7.73. The Balaban J connectivity index is 1.63. The second kappa shape index (κ2) is 8.99. The Morgan fingerprint density at radius 1 is 1.21 bits per heavy atom. The minimum absolute atomic E-state index is 0.00920. The van der Waals surface area contributed by atoms with Crippen molar-refractivity contribution in [1.82, 2.24) is 14.9 Å². The van der Waals surface area contributed by atoms with Gasteiger partial charge in [-0.05, 0) is 48.1 Å². The van der Waals surface area contributed by atoms with Gasteiger partial charge in [0.2, 0.25) is 5.91 Å². The van der Waals surface area contributed by atoms with Crippen LogP contribution in [-0.4, -0.2) is 29.1 Å². The number of ether oxygens (including phenoxy) is 1. The van der Waals surface area contributed by atoms with Crippen molar-refractivity contribution < 1.29 is 9.53 Å². The Morgan fingerprint density at radius 3 is 2.66 bits per heavy atom. The quantitative estimate of drug-likeness (QED) is 0.612. The van der Waals surface area contributed by atoms with Gasteiger partial charge in [-0.3, -0.25) is 9.36 Å². The largest absolute Gasteiger partial charge is 0.496 e. The molecule has 0 radical (unpaired) electrons. The van der Waals surface area contributed by atoms with Gasteiger partial charge in [0.15, 0.2) is 0 Å². The standard InChI is InChI=1S/C23H29N3O3/c1-15(2)18(17-9-10-21(29-4)16(3)13-17)14-22(27)24-11-12-26-20-8-6-5-7-19(20)25-23(26)28/h5-10,13,15,18H,11-12,14H2,1-4H3,(H,24,27)(H,25,28). The van der Waals surface area contributed by atoms with E-state index < -0.39 is 0 Å². The molecule has 0 spiro atoms. The number of rotatable bonds is 8. The molecule has 0 saturated heterocycles. The zero-order valence-electron chi connectivity index (χ0n) is 17.5. The molecule has 0 aliphatic carbocycles. The van der Waals surface area contributed by atoms with Gasteiger partial charge in [-0.2, -0.15) is 0 Å². The van der Waals surface area contributed by atoms with Crippen molar-refractivity contribution in [3.63, 3.8) is 0 Å². The summed E-state index contributed by atoms with van der Waals surface area (Å²) in [6.07, 6.45) is 0.409. The van der Waals surface area contributed by atoms with Crippen molar-refractivity contribution in [2.45, 2.75) is 39.7 Å². The number of carbonyl (C=O) groups is 1. The Labute approximate surface area is 170 Å². The lowest BCUT2D eigenvalue weighted by atomic mass is 9.85. The van der Waals surface area contributed by atoms with Crippen LogP contribution in [0, 0.1) is 12.8 Å². The first-order valence-electron chi connectivity index (χ1n) is 9.99. The van der Waals surface area contributed by atoms with Gasteiger partial charge < -0.3 is 15.0 Å². The van der Waals surface area contributed by atoms with Gasteiger partial charge in [0.25, 0.3) is 0 Å². The number of aromatic amines is 1. The van der Waals surface area contributed by atoms with Gasteiger partial charge >= 0.3 is 5.69 Å². The van der Waals surface area contributed by atoms with Crippen LogP contribution in [0.5, 0.6) is 5.75 Å². The zero-order chi connectivity index (χ0) is 21.0. The van der Waals surface area contributed by atoms with Crippen molar-refractivity contribution in [2.75, 3.05) is 13.7 Å². The first-order valence-corrected chi connectivity index (χ1v) is 9.99. The van der Waals surface area contributed by atoms with E-state index in [1.807, 2.05) is 43.3 Å². The predicted molar refractivity (Wildman–Crippen MR) is 115 cm³/mol. The van der Waals surface area contributed by atoms with Crippen LogP contribution in [-0.2, 0) is 11.3 Å². The lowest BCUT2D eigenvalue weighted by Gasteiger charge is -2.22. The number of methoxy groups -OCH3 is 1. The summed E-state index contributed by atoms with van der Waals surface area (Å²) >= 11 is 0. The summed E-state index contributed by atoms with van der Waals surface area (Å²) in [4.78, 5) is 27.6. The van der Waals surface area contributed by atoms with Crippen LogP contribution in [0.25, 0.3) is 11.0 Å². The van der Waals surface area contributed by atoms with Crippen LogP contribution in [0.2, 0.25) is 0 Å². The molecule has 1 unspecified atom stereocenters. The molecule has 1 amide bonds. The average Bonchev–Trinajstić information content (AvgIpc) is 3.01. The molecule has 3 rings (SSSR count). The molecule has 1 aromatic heterocycles. The second-order valence-corrected chi connectivity index (χ2v) is 7.73. The monoisotopic (exact) mass is 395 g/mol. The molecule has 29 heavy (non-hydrogen) atoms. The number of aryl methyl sites for hydroxylation is 1. The number of amides is 1. The minimum atomic E-state index is -0.158. The average molecular weight is 396 g/mol. The highest BCUT2D eigenvalue weighted by molar-refractivity contribution is 5.77. The summed E-state index contributed by atoms with van der Waals surface area (Å²) in [6.45, 7) is 7.11. The van der Waals surface area contributed by atoms with Crippen molar-refractivity contribution in [2.24, 2.45) is 5.92 Å². The van der Waals surface area contributed by atoms with Gasteiger partial charge in [-0.1, -0.05) is 38.1 Å². The van der Waals surface area contributed by atoms with Gasteiger partial charge in [0, 0.05) is 19.5 Å². The van der Waals surface area contributed by atoms with Crippen molar-refractivity contribution in [3.8, 4) is 5.75 Å². The third-order valence-corrected chi connectivity index (χ3v) is 5.40. The van der Waals surface area contributed by atoms with E-state index in [2.05, 4.69) is 30.2 Å². The molecule has 0 aliphatic heterocycles. The number of nitrogens with zero attached hydrogens (tertiary/aromatic N) is 1. The lowest BCUT2D eigenvalue weighted by Crippen LogP contribution is -2.31. The predicted octanol–water partition coefficient (Wildman–Crippen LogP) is 3.59. The van der Waals surface area contributed by atoms with Crippen LogP contribution in [0.15, 0.2) is 47.3 Å². The molecular formula is C23H29N3O3. The summed E-state index contributed by atoms with van der Waals surface area (Å²) in [5, 5.41) is 2.97. The van der Waals surface area contributed by atoms with Gasteiger partial charge in [-0.25, -0.2) is 4.79 Å². The number of H-pyrrole nitrogens is 1. The fourth-order valence-corrected chi connectivity index (χ4v) is 3.78. The van der Waals surface area contributed by atoms with Crippen molar-refractivity contribution in [1.29, 1.82) is 0 Å². The number of aromatic nitrogens is 2. The smallest absolute Gasteiger partial charge is 0.326 e. The summed E-state index contributed by atoms with van der Waals surface area (Å²) in [5.41, 5.74) is 3.70. The van der Waals surface area contributed by atoms with E-state index in [4.69, 9.17) is 4.74 Å². The number of nitrogens with one attached hydrogen (secondary N) is 2. The van der Waals surface area contributed by atoms with E-state index in [1.165, 1.54) is 0 Å². The Hall–Kier alpha value is -3.02. The van der Waals surface area contributed by atoms with E-state index in [0.717, 1.165) is 27.9 Å². The highest BCUT2D eigenvalue weighted by Crippen LogP contribution is 2.31. The van der Waals surface area contributed by atoms with Crippen LogP contribution >= 0.6 is 0 Å². The molecule has 0 aliphatic rings. The number of hydrogen-bond acceptors (Lipinski definition) is 3. The summed E-state index contributed by atoms with van der Waals surface area (Å²) in [5.74, 6) is 1.29. The molecule has 2 N–H and O–H groups in total. The molecule has 0 bridgehead atoms. The molecule has 154 valence electrons. The number of fused-ring (bicyclic) bond motifs is 1. The third-order valence-electron chi connectivity index (χ3n) is 5.40. The molecule has 2 aromatic carbocycles. The molecule has 6 heteroatoms. The van der Waals surface area contributed by atoms with Crippen LogP contribution in [0.4, 0.5) is 0 Å². The Morgan fingerprint density at radius 2 is 1.97 bits per heavy atom. The maximum absolute atomic E-state index is 12.6. The molecule has 0 saturated carbocycles. The molecule has 3 aromatic rings. The highest BCUT2D eigenvalue weighted by Gasteiger charge is 2.20. The molecular weight excluding hydrogens is 366 g/mol. The minimum Gasteiger partial charge on any atom is -0.496 e. The third kappa shape index (κ3) is 4.70. The summed E-state index contributed by atoms with van der Waals surface area (Å²) < 4.78 is 7.00. The normalized spacial score (nSPS) is 12.3. The summed E-state index contributed by atoms with van der Waals surface area (Å²) in [7, 11) is 1.66. The fourth-order valence-electron chi connectivity index (χ4n) is 3.78. The number of hydrogen-bond donors (Lipinski definition) is 2. The summed E-state index contributed by atoms with van der Waals surface area (Å²) in [6, 6.07) is 13.6. The fraction of sp³-hybridized carbons (Fsp3) is 0.391. The number of benzene rings is 2. The number of imidazole rings is 1. The van der Waals surface area contributed by atoms with E-state index in [0.29, 0.717) is 25.4 Å². The van der Waals surface area contributed by atoms with Gasteiger partial charge in [-0.15, -0.1) is 0 Å². The first-order chi connectivity index (χ1) is 13.9. The lowest BCUT2D eigenvalue weighted by molar-refractivity contribution is -0.121. The molecule has 1 atom stereocenters. The number of para-hydroxylation sites is 2. The highest BCUT2D eigenvalue weighted by atomic mass is 16.5. The van der Waals surface area contributed by atoms with Gasteiger partial charge in [0.05, 0.1) is 18.1 Å². The van der Waals surface area contributed by atoms with Crippen LogP contribution < -0.4 is 15.7 Å². The van der Waals surface area contributed by atoms with Gasteiger partial charge in [0.1, 0.15) is 5.75 Å². The first kappa shape index (κ1) is 20.7. The molecule has 6 nitrogen and oxygen atoms in total. The van der Waals surface area contributed by atoms with E-state index in [9.17, 15) is 9.59 Å². The van der Waals surface area contributed by atoms with Crippen LogP contribution in [0.3, 0.4) is 0 Å². The van der Waals surface area contributed by atoms with Crippen molar-refractivity contribution >= 4 is 16.9 Å². The number of carbonyl (C=O) groups excluding carboxylic acids is 1. The van der Waals surface area contributed by atoms with Crippen molar-refractivity contribution in [3.05, 3.63) is 64.1 Å². The van der Waals surface area contributed by atoms with Crippen LogP contribution in [0.1, 0.15) is 37.3 Å². The Kier molecular flexibility index (Phi) is 6.42. The van der Waals surface area contributed by atoms with E-state index in [-0.39, 0.29) is 17.5 Å². The zero-order valence-corrected chi connectivity index (χ0v) is 17.5. The topological polar surface area (TPSA) is 76.1 Å². The molecule has 0 fully saturated rings. The van der Waals surface area contributed by atoms with E-state index in [1.54, 1.807) is 11.7 Å². The maximum Gasteiger partial charge on any atom is 0.326 e. The van der Waals surface area contributed by atoms with E-state index >= 15 is 0 Å². The Bertz CT molecular complexity index is 1050. The SMILES string of the molecule is COc1ccc(C(CC(=O)NCCn2c(=O)[nH]c3ccccc32)C(C)C)cc1C. The maximum atomic E-state index is 12.6. The molecule has 1 heterocycles.